The van der Waals surface area contributed by atoms with Crippen LogP contribution in [0.3, 0.4) is 0 Å². The van der Waals surface area contributed by atoms with Gasteiger partial charge in [-0.25, -0.2) is 8.78 Å². The van der Waals surface area contributed by atoms with Crippen molar-refractivity contribution in [2.45, 2.75) is 13.2 Å². The van der Waals surface area contributed by atoms with Gasteiger partial charge in [-0.05, 0) is 36.4 Å². The average molecular weight is 344 g/mol. The zero-order valence-corrected chi connectivity index (χ0v) is 13.0. The predicted molar refractivity (Wildman–Crippen MR) is 84.8 cm³/mol. The SMILES string of the molecule is O=C(NCc1ccccn1)c1ccc(COc2ccc(F)cc2F)o1. The molecule has 2 heterocycles. The number of aromatic nitrogens is 1. The normalized spacial score (nSPS) is 10.5. The van der Waals surface area contributed by atoms with Crippen molar-refractivity contribution in [3.05, 3.63) is 83.6 Å². The standard InChI is InChI=1S/C18H14F2N2O3/c19-12-4-6-16(15(20)9-12)24-11-14-5-7-17(25-14)18(23)22-10-13-3-1-2-8-21-13/h1-9H,10-11H2,(H,22,23). The second-order valence-electron chi connectivity index (χ2n) is 5.13. The molecule has 128 valence electrons. The van der Waals surface area contributed by atoms with Crippen LogP contribution >= 0.6 is 0 Å². The van der Waals surface area contributed by atoms with Gasteiger partial charge in [0.1, 0.15) is 18.2 Å². The fourth-order valence-corrected chi connectivity index (χ4v) is 2.08. The van der Waals surface area contributed by atoms with Crippen LogP contribution < -0.4 is 10.1 Å². The molecule has 0 aliphatic carbocycles. The molecule has 0 radical (unpaired) electrons. The monoisotopic (exact) mass is 344 g/mol. The van der Waals surface area contributed by atoms with Gasteiger partial charge in [-0.3, -0.25) is 9.78 Å². The molecule has 1 aromatic carbocycles. The molecular weight excluding hydrogens is 330 g/mol. The average Bonchev–Trinajstić information content (AvgIpc) is 3.09. The Kier molecular flexibility index (Phi) is 5.03. The molecule has 0 atom stereocenters. The van der Waals surface area contributed by atoms with Gasteiger partial charge in [0.15, 0.2) is 17.3 Å². The van der Waals surface area contributed by atoms with E-state index in [1.54, 1.807) is 24.4 Å². The minimum Gasteiger partial charge on any atom is -0.483 e. The maximum atomic E-state index is 13.5. The summed E-state index contributed by atoms with van der Waals surface area (Å²) < 4.78 is 36.9. The van der Waals surface area contributed by atoms with Crippen LogP contribution in [0.25, 0.3) is 0 Å². The Morgan fingerprint density at radius 2 is 2.04 bits per heavy atom. The summed E-state index contributed by atoms with van der Waals surface area (Å²) in [5, 5.41) is 2.68. The highest BCUT2D eigenvalue weighted by Gasteiger charge is 2.12. The lowest BCUT2D eigenvalue weighted by Crippen LogP contribution is -2.22. The first-order valence-corrected chi connectivity index (χ1v) is 7.46. The van der Waals surface area contributed by atoms with Crippen molar-refractivity contribution < 1.29 is 22.7 Å². The molecule has 0 saturated heterocycles. The number of nitrogens with one attached hydrogen (secondary N) is 1. The summed E-state index contributed by atoms with van der Waals surface area (Å²) >= 11 is 0. The van der Waals surface area contributed by atoms with E-state index in [4.69, 9.17) is 9.15 Å². The van der Waals surface area contributed by atoms with Crippen molar-refractivity contribution in [2.24, 2.45) is 0 Å². The number of carbonyl (C=O) groups excluding carboxylic acids is 1. The molecule has 5 nitrogen and oxygen atoms in total. The Morgan fingerprint density at radius 1 is 1.16 bits per heavy atom. The minimum absolute atomic E-state index is 0.0872. The molecule has 1 N–H and O–H groups in total. The molecule has 0 spiro atoms. The molecule has 7 heteroatoms. The number of carbonyl (C=O) groups is 1. The van der Waals surface area contributed by atoms with Gasteiger partial charge in [0, 0.05) is 12.3 Å². The zero-order valence-electron chi connectivity index (χ0n) is 13.0. The highest BCUT2D eigenvalue weighted by molar-refractivity contribution is 5.91. The number of benzene rings is 1. The van der Waals surface area contributed by atoms with Gasteiger partial charge in [0.2, 0.25) is 0 Å². The number of amides is 1. The summed E-state index contributed by atoms with van der Waals surface area (Å²) in [6, 6.07) is 11.5. The van der Waals surface area contributed by atoms with Crippen LogP contribution in [0.15, 0.2) is 59.1 Å². The van der Waals surface area contributed by atoms with Gasteiger partial charge < -0.3 is 14.5 Å². The van der Waals surface area contributed by atoms with E-state index < -0.39 is 17.5 Å². The number of pyridine rings is 1. The lowest BCUT2D eigenvalue weighted by molar-refractivity contribution is 0.0918. The Labute approximate surface area is 142 Å². The third-order valence-electron chi connectivity index (χ3n) is 3.31. The van der Waals surface area contributed by atoms with Crippen LogP contribution in [0.4, 0.5) is 8.78 Å². The number of halogens is 2. The first kappa shape index (κ1) is 16.6. The maximum Gasteiger partial charge on any atom is 0.287 e. The molecule has 1 amide bonds. The Balaban J connectivity index is 1.55. The number of furan rings is 1. The number of hydrogen-bond donors (Lipinski definition) is 1. The molecule has 0 saturated carbocycles. The molecule has 0 bridgehead atoms. The van der Waals surface area contributed by atoms with Crippen molar-refractivity contribution in [1.82, 2.24) is 10.3 Å². The van der Waals surface area contributed by atoms with Crippen molar-refractivity contribution in [1.29, 1.82) is 0 Å². The predicted octanol–water partition coefficient (Wildman–Crippen LogP) is 3.46. The van der Waals surface area contributed by atoms with E-state index in [0.29, 0.717) is 5.76 Å². The van der Waals surface area contributed by atoms with Gasteiger partial charge in [0.25, 0.3) is 5.91 Å². The van der Waals surface area contributed by atoms with Gasteiger partial charge in [-0.15, -0.1) is 0 Å². The van der Waals surface area contributed by atoms with E-state index in [0.717, 1.165) is 17.8 Å². The number of ether oxygens (including phenoxy) is 1. The van der Waals surface area contributed by atoms with Gasteiger partial charge in [0.05, 0.1) is 12.2 Å². The Bertz CT molecular complexity index is 866. The molecule has 0 aliphatic rings. The molecular formula is C18H14F2N2O3. The highest BCUT2D eigenvalue weighted by Crippen LogP contribution is 2.19. The smallest absolute Gasteiger partial charge is 0.287 e. The number of rotatable bonds is 6. The van der Waals surface area contributed by atoms with E-state index in [2.05, 4.69) is 10.3 Å². The molecule has 0 aliphatic heterocycles. The maximum absolute atomic E-state index is 13.5. The van der Waals surface area contributed by atoms with Gasteiger partial charge >= 0.3 is 0 Å². The third-order valence-corrected chi connectivity index (χ3v) is 3.31. The lowest BCUT2D eigenvalue weighted by Gasteiger charge is -2.05. The summed E-state index contributed by atoms with van der Waals surface area (Å²) in [4.78, 5) is 16.1. The first-order valence-electron chi connectivity index (χ1n) is 7.46. The summed E-state index contributed by atoms with van der Waals surface area (Å²) in [5.74, 6) is -1.54. The largest absolute Gasteiger partial charge is 0.483 e. The van der Waals surface area contributed by atoms with Gasteiger partial charge in [-0.2, -0.15) is 0 Å². The zero-order chi connectivity index (χ0) is 17.6. The van der Waals surface area contributed by atoms with Crippen LogP contribution in [0.1, 0.15) is 22.0 Å². The van der Waals surface area contributed by atoms with Crippen molar-refractivity contribution >= 4 is 5.91 Å². The summed E-state index contributed by atoms with van der Waals surface area (Å²) in [5.41, 5.74) is 0.720. The Hall–Kier alpha value is -3.22. The molecule has 3 aromatic rings. The number of nitrogens with zero attached hydrogens (tertiary/aromatic N) is 1. The van der Waals surface area contributed by atoms with Crippen molar-refractivity contribution in [3.8, 4) is 5.75 Å². The van der Waals surface area contributed by atoms with Crippen molar-refractivity contribution in [2.75, 3.05) is 0 Å². The van der Waals surface area contributed by atoms with Crippen LogP contribution in [-0.2, 0) is 13.2 Å². The summed E-state index contributed by atoms with van der Waals surface area (Å²) in [7, 11) is 0. The first-order chi connectivity index (χ1) is 12.1. The third kappa shape index (κ3) is 4.41. The summed E-state index contributed by atoms with van der Waals surface area (Å²) in [6.07, 6.45) is 1.64. The van der Waals surface area contributed by atoms with Crippen LogP contribution in [0.5, 0.6) is 5.75 Å². The number of hydrogen-bond acceptors (Lipinski definition) is 4. The second-order valence-corrected chi connectivity index (χ2v) is 5.13. The quantitative estimate of drug-likeness (QED) is 0.744. The molecule has 3 rings (SSSR count). The lowest BCUT2D eigenvalue weighted by atomic mass is 10.3. The van der Waals surface area contributed by atoms with E-state index in [1.807, 2.05) is 6.07 Å². The molecule has 2 aromatic heterocycles. The van der Waals surface area contributed by atoms with Gasteiger partial charge in [-0.1, -0.05) is 6.07 Å². The minimum atomic E-state index is -0.806. The van der Waals surface area contributed by atoms with E-state index in [9.17, 15) is 13.6 Å². The molecule has 0 unspecified atom stereocenters. The van der Waals surface area contributed by atoms with E-state index in [1.165, 1.54) is 12.1 Å². The van der Waals surface area contributed by atoms with E-state index >= 15 is 0 Å². The Morgan fingerprint density at radius 3 is 2.80 bits per heavy atom. The van der Waals surface area contributed by atoms with E-state index in [-0.39, 0.29) is 24.7 Å². The van der Waals surface area contributed by atoms with Crippen LogP contribution in [0.2, 0.25) is 0 Å². The fraction of sp³-hybridized carbons (Fsp3) is 0.111. The topological polar surface area (TPSA) is 64.4 Å². The van der Waals surface area contributed by atoms with Crippen molar-refractivity contribution in [3.63, 3.8) is 0 Å². The highest BCUT2D eigenvalue weighted by atomic mass is 19.1. The summed E-state index contributed by atoms with van der Waals surface area (Å²) in [6.45, 7) is 0.184. The van der Waals surface area contributed by atoms with Crippen LogP contribution in [-0.4, -0.2) is 10.9 Å². The van der Waals surface area contributed by atoms with Crippen LogP contribution in [0, 0.1) is 11.6 Å². The fourth-order valence-electron chi connectivity index (χ4n) is 2.08. The molecule has 0 fully saturated rings. The second kappa shape index (κ2) is 7.57. The molecule has 25 heavy (non-hydrogen) atoms.